The van der Waals surface area contributed by atoms with E-state index in [9.17, 15) is 0 Å². The molecule has 0 aromatic carbocycles. The average molecular weight is 1560 g/mol. The summed E-state index contributed by atoms with van der Waals surface area (Å²) in [4.78, 5) is 2.89. The molecule has 72 heavy (non-hydrogen) atoms. The van der Waals surface area contributed by atoms with Crippen LogP contribution in [-0.2, 0) is 243 Å². The Hall–Kier alpha value is 6.35. The van der Waals surface area contributed by atoms with Crippen molar-refractivity contribution in [1.82, 2.24) is 4.98 Å². The number of imidazole rings is 1. The van der Waals surface area contributed by atoms with Crippen molar-refractivity contribution < 1.29 is 238 Å². The number of H-pyrrole nitrogens is 1. The molecule has 0 saturated carbocycles. The molecule has 2 rings (SSSR count). The third-order valence-corrected chi connectivity index (χ3v) is 9.54. The van der Waals surface area contributed by atoms with Gasteiger partial charge in [0.2, 0.25) is 6.33 Å². The zero-order chi connectivity index (χ0) is 53.5. The smallest absolute Gasteiger partial charge is 0.241 e. The van der Waals surface area contributed by atoms with Gasteiger partial charge in [-0.05, 0) is 35.5 Å². The average Bonchev–Trinajstić information content (AvgIpc) is 3.74. The van der Waals surface area contributed by atoms with Gasteiger partial charge in [-0.2, -0.15) is 34.2 Å². The van der Waals surface area contributed by atoms with E-state index >= 15 is 0 Å². The number of unbranched alkanes of at least 4 members (excludes halogenated alkanes) is 3. The van der Waals surface area contributed by atoms with E-state index in [4.69, 9.17) is 5.73 Å². The molecule has 2 N–H and O–H groups in total. The predicted octanol–water partition coefficient (Wildman–Crippen LogP) is 20.8. The van der Waals surface area contributed by atoms with Crippen molar-refractivity contribution in [1.29, 1.82) is 0 Å². The number of hydrogen-bond donors (Lipinski definition) is 1. The first-order valence-electron chi connectivity index (χ1n) is 26.9. The van der Waals surface area contributed by atoms with Crippen LogP contribution >= 0.6 is 6.89 Å². The van der Waals surface area contributed by atoms with Crippen LogP contribution in [0.2, 0.25) is 0 Å². The van der Waals surface area contributed by atoms with Gasteiger partial charge in [-0.1, -0.05) is 241 Å². The molecule has 0 saturated heterocycles. The molecule has 2 aromatic heterocycles. The van der Waals surface area contributed by atoms with E-state index in [-0.39, 0.29) is 229 Å². The Labute approximate surface area is 638 Å². The Balaban J connectivity index is -0.0000000310. The summed E-state index contributed by atoms with van der Waals surface area (Å²) in [6.45, 7) is 57.7. The summed E-state index contributed by atoms with van der Waals surface area (Å²) in [5, 5.41) is 0. The summed E-state index contributed by atoms with van der Waals surface area (Å²) < 4.78 is 3.94. The van der Waals surface area contributed by atoms with Gasteiger partial charge in [0, 0.05) is 241 Å². The van der Waals surface area contributed by atoms with E-state index < -0.39 is 6.89 Å². The Morgan fingerprint density at radius 1 is 0.500 bits per heavy atom. The third kappa shape index (κ3) is 211. The van der Waals surface area contributed by atoms with Crippen molar-refractivity contribution in [2.75, 3.05) is 19.4 Å². The summed E-state index contributed by atoms with van der Waals surface area (Å²) in [7, 11) is 3.97. The standard InChI is InChI=1S/C10H22P.2C7H16.C6H8N.C6H14N.2C5H12.C4H6N2.2C3H7.2C2H6.7Y/c1-10(2)8-6-7-9-11(3,4)5;2*1-4-5-6-7(2)3;1-7-5-3-2-4-6-7;1-6(2)4-3-5-7;2*1-4-5(2)3;1-6-3-2-5-4-6;2*1-3-2;2*1-2;;;;;;;/h10H,3-4,6-9H2,1-2,5H3;2*7H,4-6H2,1-3H3;2-6H,1H3;6-7H,3-5H2,1-2H3;2*5H,4H2,1-3H3;2-4H,1H3;2*3H,1-2H3;2*1-2H3;;;;;;;/q-1;;;+1;-1;;;;2*-1;;;;;;;;;/p+1. The van der Waals surface area contributed by atoms with Gasteiger partial charge in [0.05, 0.1) is 7.05 Å². The minimum Gasteiger partial charge on any atom is -0.677 e. The van der Waals surface area contributed by atoms with Crippen LogP contribution in [0.25, 0.3) is 5.73 Å². The SMILES string of the molecule is C=P([CH2-])(C)CCCCC(C)C.CC.CC.CC(C)CCC[NH-].CCC(C)C.CCC(C)C.CCCCC(C)C.CCCCC(C)C.C[CH-]C.C[CH-]C.C[n+]1cc[nH]c1.C[n+]1ccccc1.[Y].[Y].[Y].[Y].[Y].[Y].[Y]. The van der Waals surface area contributed by atoms with E-state index in [2.05, 4.69) is 135 Å². The number of aromatic nitrogens is 3. The molecular formula is C60H133N4PY7-2. The largest absolute Gasteiger partial charge is 0.677 e. The fourth-order valence-corrected chi connectivity index (χ4v) is 4.62. The molecule has 0 amide bonds. The van der Waals surface area contributed by atoms with E-state index in [0.29, 0.717) is 6.54 Å². The second-order valence-corrected chi connectivity index (χ2v) is 22.9. The summed E-state index contributed by atoms with van der Waals surface area (Å²) in [5.41, 5.74) is 6.80. The van der Waals surface area contributed by atoms with Crippen LogP contribution in [-0.4, -0.2) is 30.7 Å². The molecule has 7 radical (unpaired) electrons. The van der Waals surface area contributed by atoms with Crippen molar-refractivity contribution in [2.45, 2.75) is 250 Å². The molecule has 0 bridgehead atoms. The van der Waals surface area contributed by atoms with Gasteiger partial charge in [0.25, 0.3) is 0 Å². The third-order valence-electron chi connectivity index (χ3n) is 8.14. The molecule has 1 atom stereocenters. The normalized spacial score (nSPS) is 9.15. The zero-order valence-corrected chi connectivity index (χ0v) is 75.4. The Morgan fingerprint density at radius 3 is 0.903 bits per heavy atom. The van der Waals surface area contributed by atoms with Crippen molar-refractivity contribution in [3.63, 3.8) is 0 Å². The van der Waals surface area contributed by atoms with Crippen LogP contribution < -0.4 is 9.13 Å². The summed E-state index contributed by atoms with van der Waals surface area (Å²) in [5.74, 6) is 5.21. The van der Waals surface area contributed by atoms with E-state index in [1.54, 1.807) is 0 Å². The maximum atomic E-state index is 6.80. The van der Waals surface area contributed by atoms with Crippen LogP contribution in [0.5, 0.6) is 0 Å². The van der Waals surface area contributed by atoms with Crippen LogP contribution in [0.15, 0.2) is 49.3 Å². The monoisotopic (exact) mass is 1560 g/mol. The fourth-order valence-electron chi connectivity index (χ4n) is 3.63. The molecule has 12 heteroatoms. The number of nitrogens with one attached hydrogen (secondary N) is 2. The van der Waals surface area contributed by atoms with E-state index in [1.807, 2.05) is 141 Å². The zero-order valence-electron chi connectivity index (χ0n) is 54.6. The van der Waals surface area contributed by atoms with Gasteiger partial charge in [0.1, 0.15) is 19.4 Å². The molecule has 421 valence electrons. The van der Waals surface area contributed by atoms with E-state index in [0.717, 1.165) is 41.9 Å². The van der Waals surface area contributed by atoms with Crippen molar-refractivity contribution >= 4 is 13.2 Å². The molecule has 0 aliphatic rings. The molecular weight excluding hydrogens is 1430 g/mol. The first kappa shape index (κ1) is 125. The minimum absolute atomic E-state index is 0. The minimum atomic E-state index is -0.976. The fraction of sp³-hybridized carbons (Fsp3) is 0.800. The summed E-state index contributed by atoms with van der Waals surface area (Å²) >= 11 is 0. The van der Waals surface area contributed by atoms with Crippen molar-refractivity contribution in [3.05, 3.63) is 74.6 Å². The number of aryl methyl sites for hydroxylation is 2. The van der Waals surface area contributed by atoms with Crippen LogP contribution in [0, 0.1) is 55.0 Å². The summed E-state index contributed by atoms with van der Waals surface area (Å²) in [6.07, 6.45) is 36.3. The number of pyridine rings is 1. The van der Waals surface area contributed by atoms with Crippen LogP contribution in [0.1, 0.15) is 250 Å². The first-order chi connectivity index (χ1) is 30.4. The molecule has 2 aromatic rings. The summed E-state index contributed by atoms with van der Waals surface area (Å²) in [6, 6.07) is 6.00. The second kappa shape index (κ2) is 116. The van der Waals surface area contributed by atoms with Crippen LogP contribution in [0.3, 0.4) is 0 Å². The second-order valence-electron chi connectivity index (χ2n) is 19.2. The maximum absolute atomic E-state index is 6.80. The van der Waals surface area contributed by atoms with Gasteiger partial charge in [-0.25, -0.2) is 9.13 Å². The number of nitrogens with zero attached hydrogens (tertiary/aromatic N) is 2. The molecule has 4 nitrogen and oxygen atoms in total. The Morgan fingerprint density at radius 2 is 0.778 bits per heavy atom. The molecule has 0 aliphatic carbocycles. The topological polar surface area (TPSA) is 47.4 Å². The Kier molecular flexibility index (Phi) is 201. The number of hydrogen-bond acceptors (Lipinski definition) is 0. The Bertz CT molecular complexity index is 955. The van der Waals surface area contributed by atoms with Gasteiger partial charge in [0.15, 0.2) is 12.4 Å². The van der Waals surface area contributed by atoms with Crippen LogP contribution in [0.4, 0.5) is 0 Å². The molecule has 0 aliphatic heterocycles. The first-order valence-corrected chi connectivity index (χ1v) is 29.7. The van der Waals surface area contributed by atoms with Gasteiger partial charge >= 0.3 is 0 Å². The molecule has 0 spiro atoms. The number of rotatable bonds is 16. The van der Waals surface area contributed by atoms with Crippen molar-refractivity contribution in [2.24, 2.45) is 49.6 Å². The molecule has 0 fully saturated rings. The molecule has 2 heterocycles. The van der Waals surface area contributed by atoms with Crippen molar-refractivity contribution in [3.8, 4) is 0 Å². The van der Waals surface area contributed by atoms with Gasteiger partial charge in [-0.15, -0.1) is 6.30 Å². The van der Waals surface area contributed by atoms with Gasteiger partial charge < -0.3 is 25.2 Å². The quantitative estimate of drug-likeness (QED) is 0.0754. The van der Waals surface area contributed by atoms with Gasteiger partial charge in [-0.3, -0.25) is 11.9 Å². The predicted molar refractivity (Wildman–Crippen MR) is 315 cm³/mol. The van der Waals surface area contributed by atoms with E-state index in [1.165, 1.54) is 83.2 Å². The number of aromatic amines is 1. The molecule has 1 unspecified atom stereocenters. The maximum Gasteiger partial charge on any atom is 0.241 e.